The lowest BCUT2D eigenvalue weighted by molar-refractivity contribution is -0.137. The summed E-state index contributed by atoms with van der Waals surface area (Å²) < 4.78 is 41.1. The number of benzene rings is 1. The Labute approximate surface area is 138 Å². The molecule has 1 N–H and O–H groups in total. The van der Waals surface area contributed by atoms with E-state index in [0.717, 1.165) is 15.3 Å². The Morgan fingerprint density at radius 2 is 2.05 bits per heavy atom. The van der Waals surface area contributed by atoms with Crippen LogP contribution in [0.15, 0.2) is 30.5 Å². The molecule has 0 spiro atoms. The fourth-order valence-electron chi connectivity index (χ4n) is 1.91. The van der Waals surface area contributed by atoms with Crippen LogP contribution in [0.2, 0.25) is 0 Å². The van der Waals surface area contributed by atoms with E-state index in [0.29, 0.717) is 6.54 Å². The number of rotatable bonds is 4. The largest absolute Gasteiger partial charge is 0.418 e. The standard InChI is InChI=1S/C14H13F3IN3O/c1-9-11(18)8-19-21(9)7-6-13(22)20-12-5-3-2-4-10(12)14(15,16)17/h2-5,8H,6-7H2,1H3,(H,20,22). The number of para-hydroxylation sites is 1. The van der Waals surface area contributed by atoms with Crippen molar-refractivity contribution in [2.75, 3.05) is 5.32 Å². The van der Waals surface area contributed by atoms with Crippen molar-refractivity contribution in [1.82, 2.24) is 9.78 Å². The van der Waals surface area contributed by atoms with Crippen molar-refractivity contribution in [1.29, 1.82) is 0 Å². The van der Waals surface area contributed by atoms with Gasteiger partial charge in [0.2, 0.25) is 5.91 Å². The summed E-state index contributed by atoms with van der Waals surface area (Å²) in [4.78, 5) is 11.9. The third-order valence-corrected chi connectivity index (χ3v) is 4.16. The molecule has 0 fully saturated rings. The van der Waals surface area contributed by atoms with Crippen LogP contribution in [-0.2, 0) is 17.5 Å². The van der Waals surface area contributed by atoms with Crippen LogP contribution in [-0.4, -0.2) is 15.7 Å². The topological polar surface area (TPSA) is 46.9 Å². The number of anilines is 1. The van der Waals surface area contributed by atoms with Gasteiger partial charge in [-0.25, -0.2) is 0 Å². The van der Waals surface area contributed by atoms with E-state index < -0.39 is 17.6 Å². The minimum atomic E-state index is -4.50. The molecule has 2 aromatic rings. The molecule has 0 aliphatic heterocycles. The lowest BCUT2D eigenvalue weighted by Crippen LogP contribution is -2.18. The number of aryl methyl sites for hydroxylation is 1. The SMILES string of the molecule is Cc1c(I)cnn1CCC(=O)Nc1ccccc1C(F)(F)F. The van der Waals surface area contributed by atoms with Gasteiger partial charge < -0.3 is 5.32 Å². The highest BCUT2D eigenvalue weighted by Gasteiger charge is 2.33. The van der Waals surface area contributed by atoms with Gasteiger partial charge in [-0.1, -0.05) is 12.1 Å². The highest BCUT2D eigenvalue weighted by molar-refractivity contribution is 14.1. The van der Waals surface area contributed by atoms with Crippen LogP contribution in [0.5, 0.6) is 0 Å². The Balaban J connectivity index is 2.03. The number of alkyl halides is 3. The summed E-state index contributed by atoms with van der Waals surface area (Å²) in [6.45, 7) is 2.18. The number of aromatic nitrogens is 2. The molecular weight excluding hydrogens is 410 g/mol. The first-order chi connectivity index (χ1) is 10.3. The van der Waals surface area contributed by atoms with Crippen molar-refractivity contribution in [3.05, 3.63) is 45.3 Å². The number of hydrogen-bond donors (Lipinski definition) is 1. The molecule has 8 heteroatoms. The molecule has 22 heavy (non-hydrogen) atoms. The van der Waals surface area contributed by atoms with E-state index in [2.05, 4.69) is 33.0 Å². The summed E-state index contributed by atoms with van der Waals surface area (Å²) in [6, 6.07) is 4.91. The summed E-state index contributed by atoms with van der Waals surface area (Å²) in [7, 11) is 0. The Kier molecular flexibility index (Phi) is 5.09. The average Bonchev–Trinajstić information content (AvgIpc) is 2.76. The van der Waals surface area contributed by atoms with Crippen molar-refractivity contribution in [3.8, 4) is 0 Å². The molecule has 0 unspecified atom stereocenters. The predicted molar refractivity (Wildman–Crippen MR) is 84.4 cm³/mol. The van der Waals surface area contributed by atoms with Gasteiger partial charge in [-0.2, -0.15) is 18.3 Å². The van der Waals surface area contributed by atoms with Gasteiger partial charge in [-0.3, -0.25) is 9.48 Å². The van der Waals surface area contributed by atoms with Gasteiger partial charge in [0.15, 0.2) is 0 Å². The molecule has 4 nitrogen and oxygen atoms in total. The molecule has 0 radical (unpaired) electrons. The fraction of sp³-hybridized carbons (Fsp3) is 0.286. The zero-order valence-electron chi connectivity index (χ0n) is 11.6. The number of carbonyl (C=O) groups excluding carboxylic acids is 1. The Morgan fingerprint density at radius 3 is 2.64 bits per heavy atom. The zero-order chi connectivity index (χ0) is 16.3. The van der Waals surface area contributed by atoms with E-state index in [9.17, 15) is 18.0 Å². The van der Waals surface area contributed by atoms with E-state index in [-0.39, 0.29) is 12.1 Å². The summed E-state index contributed by atoms with van der Waals surface area (Å²) in [5, 5.41) is 6.41. The molecule has 1 aromatic carbocycles. The summed E-state index contributed by atoms with van der Waals surface area (Å²) in [5.74, 6) is -0.485. The molecule has 0 saturated carbocycles. The molecule has 1 amide bonds. The first-order valence-corrected chi connectivity index (χ1v) is 7.51. The molecule has 0 saturated heterocycles. The Bertz CT molecular complexity index is 682. The molecule has 0 bridgehead atoms. The molecule has 1 heterocycles. The lowest BCUT2D eigenvalue weighted by Gasteiger charge is -2.13. The van der Waals surface area contributed by atoms with Gasteiger partial charge in [0.1, 0.15) is 0 Å². The van der Waals surface area contributed by atoms with E-state index in [1.807, 2.05) is 6.92 Å². The van der Waals surface area contributed by atoms with Gasteiger partial charge in [0.25, 0.3) is 0 Å². The van der Waals surface area contributed by atoms with Crippen molar-refractivity contribution in [2.24, 2.45) is 0 Å². The summed E-state index contributed by atoms with van der Waals surface area (Å²) in [5.41, 5.74) is -0.163. The van der Waals surface area contributed by atoms with Crippen LogP contribution < -0.4 is 5.32 Å². The van der Waals surface area contributed by atoms with Gasteiger partial charge >= 0.3 is 6.18 Å². The highest BCUT2D eigenvalue weighted by atomic mass is 127. The van der Waals surface area contributed by atoms with Crippen molar-refractivity contribution in [3.63, 3.8) is 0 Å². The van der Waals surface area contributed by atoms with E-state index >= 15 is 0 Å². The summed E-state index contributed by atoms with van der Waals surface area (Å²) in [6.07, 6.45) is -2.78. The van der Waals surface area contributed by atoms with Crippen molar-refractivity contribution >= 4 is 34.2 Å². The quantitative estimate of drug-likeness (QED) is 0.760. The maximum Gasteiger partial charge on any atom is 0.418 e. The predicted octanol–water partition coefficient (Wildman–Crippen LogP) is 3.84. The summed E-state index contributed by atoms with van der Waals surface area (Å²) >= 11 is 2.12. The Morgan fingerprint density at radius 1 is 1.36 bits per heavy atom. The second-order valence-electron chi connectivity index (χ2n) is 4.64. The molecule has 0 atom stereocenters. The monoisotopic (exact) mass is 423 g/mol. The van der Waals surface area contributed by atoms with Gasteiger partial charge in [-0.05, 0) is 41.6 Å². The molecule has 118 valence electrons. The van der Waals surface area contributed by atoms with Crippen molar-refractivity contribution < 1.29 is 18.0 Å². The minimum Gasteiger partial charge on any atom is -0.325 e. The van der Waals surface area contributed by atoms with E-state index in [1.54, 1.807) is 10.9 Å². The fourth-order valence-corrected chi connectivity index (χ4v) is 2.31. The molecule has 1 aromatic heterocycles. The van der Waals surface area contributed by atoms with Crippen LogP contribution in [0, 0.1) is 10.5 Å². The van der Waals surface area contributed by atoms with E-state index in [4.69, 9.17) is 0 Å². The minimum absolute atomic E-state index is 0.0464. The smallest absolute Gasteiger partial charge is 0.325 e. The zero-order valence-corrected chi connectivity index (χ0v) is 13.8. The molecular formula is C14H13F3IN3O. The maximum absolute atomic E-state index is 12.8. The number of carbonyl (C=O) groups is 1. The van der Waals surface area contributed by atoms with E-state index in [1.165, 1.54) is 18.2 Å². The second-order valence-corrected chi connectivity index (χ2v) is 5.80. The molecule has 0 aliphatic rings. The van der Waals surface area contributed by atoms with Crippen molar-refractivity contribution in [2.45, 2.75) is 26.1 Å². The number of hydrogen-bond acceptors (Lipinski definition) is 2. The third kappa shape index (κ3) is 3.99. The Hall–Kier alpha value is -1.58. The molecule has 0 aliphatic carbocycles. The maximum atomic E-state index is 12.8. The van der Waals surface area contributed by atoms with Crippen LogP contribution in [0.25, 0.3) is 0 Å². The van der Waals surface area contributed by atoms with Crippen LogP contribution in [0.4, 0.5) is 18.9 Å². The first-order valence-electron chi connectivity index (χ1n) is 6.43. The third-order valence-electron chi connectivity index (χ3n) is 3.10. The number of nitrogens with zero attached hydrogens (tertiary/aromatic N) is 2. The van der Waals surface area contributed by atoms with Crippen LogP contribution in [0.3, 0.4) is 0 Å². The lowest BCUT2D eigenvalue weighted by atomic mass is 10.1. The second kappa shape index (κ2) is 6.67. The number of amides is 1. The number of halogens is 4. The first kappa shape index (κ1) is 16.8. The van der Waals surface area contributed by atoms with Crippen LogP contribution >= 0.6 is 22.6 Å². The highest BCUT2D eigenvalue weighted by Crippen LogP contribution is 2.34. The normalized spacial score (nSPS) is 11.5. The van der Waals surface area contributed by atoms with Gasteiger partial charge in [0, 0.05) is 12.1 Å². The number of nitrogens with one attached hydrogen (secondary N) is 1. The average molecular weight is 423 g/mol. The molecule has 2 rings (SSSR count). The van der Waals surface area contributed by atoms with Gasteiger partial charge in [0.05, 0.1) is 27.6 Å². The van der Waals surface area contributed by atoms with Gasteiger partial charge in [-0.15, -0.1) is 0 Å². The van der Waals surface area contributed by atoms with Crippen LogP contribution in [0.1, 0.15) is 17.7 Å².